The van der Waals surface area contributed by atoms with Gasteiger partial charge >= 0.3 is 0 Å². The zero-order valence-electron chi connectivity index (χ0n) is 10.8. The predicted octanol–water partition coefficient (Wildman–Crippen LogP) is 2.18. The largest absolute Gasteiger partial charge is 0.346 e. The van der Waals surface area contributed by atoms with Crippen molar-refractivity contribution in [1.29, 1.82) is 5.26 Å². The Morgan fingerprint density at radius 1 is 1.55 bits per heavy atom. The van der Waals surface area contributed by atoms with Gasteiger partial charge in [-0.2, -0.15) is 5.26 Å². The first-order valence-electron chi connectivity index (χ1n) is 6.26. The van der Waals surface area contributed by atoms with Crippen LogP contribution in [0.15, 0.2) is 24.8 Å². The number of aromatic nitrogens is 3. The number of hydrogen-bond acceptors (Lipinski definition) is 5. The molecule has 1 aliphatic rings. The van der Waals surface area contributed by atoms with Crippen molar-refractivity contribution in [3.05, 3.63) is 30.5 Å². The Labute approximate surface area is 130 Å². The Morgan fingerprint density at radius 2 is 2.40 bits per heavy atom. The molecule has 0 spiro atoms. The van der Waals surface area contributed by atoms with E-state index >= 15 is 0 Å². The van der Waals surface area contributed by atoms with E-state index in [1.165, 1.54) is 0 Å². The molecule has 2 aromatic rings. The zero-order valence-corrected chi connectivity index (χ0v) is 13.0. The highest BCUT2D eigenvalue weighted by molar-refractivity contribution is 14.1. The maximum atomic E-state index is 8.80. The zero-order chi connectivity index (χ0) is 14.1. The fourth-order valence-electron chi connectivity index (χ4n) is 2.30. The average Bonchev–Trinajstić information content (AvgIpc) is 3.04. The SMILES string of the molecule is CC1NN(C(I)CC#N)C=C1c1ncnc2[nH]ccc12. The van der Waals surface area contributed by atoms with Crippen LogP contribution in [0.3, 0.4) is 0 Å². The van der Waals surface area contributed by atoms with Crippen LogP contribution in [0, 0.1) is 11.3 Å². The third kappa shape index (κ3) is 2.25. The molecule has 102 valence electrons. The third-order valence-corrected chi connectivity index (χ3v) is 4.32. The van der Waals surface area contributed by atoms with E-state index in [4.69, 9.17) is 5.26 Å². The molecule has 1 aliphatic heterocycles. The lowest BCUT2D eigenvalue weighted by molar-refractivity contribution is 0.275. The molecular formula is C13H13IN6. The molecular weight excluding hydrogens is 367 g/mol. The summed E-state index contributed by atoms with van der Waals surface area (Å²) in [6.07, 6.45) is 5.94. The number of fused-ring (bicyclic) bond motifs is 1. The number of nitrogens with one attached hydrogen (secondary N) is 2. The Kier molecular flexibility index (Phi) is 3.58. The monoisotopic (exact) mass is 380 g/mol. The summed E-state index contributed by atoms with van der Waals surface area (Å²) in [7, 11) is 0. The number of nitrogens with zero attached hydrogens (tertiary/aromatic N) is 4. The van der Waals surface area contributed by atoms with Crippen LogP contribution in [0.5, 0.6) is 0 Å². The second-order valence-corrected chi connectivity index (χ2v) is 6.04. The van der Waals surface area contributed by atoms with Gasteiger partial charge in [0.05, 0.1) is 24.2 Å². The van der Waals surface area contributed by atoms with Crippen molar-refractivity contribution in [3.63, 3.8) is 0 Å². The number of alkyl halides is 1. The van der Waals surface area contributed by atoms with Gasteiger partial charge in [0.15, 0.2) is 0 Å². The molecule has 0 radical (unpaired) electrons. The molecule has 20 heavy (non-hydrogen) atoms. The van der Waals surface area contributed by atoms with Crippen LogP contribution in [0.4, 0.5) is 0 Å². The average molecular weight is 380 g/mol. The Bertz CT molecular complexity index is 700. The van der Waals surface area contributed by atoms with Gasteiger partial charge in [0, 0.05) is 23.4 Å². The number of rotatable bonds is 3. The van der Waals surface area contributed by atoms with Crippen molar-refractivity contribution in [2.24, 2.45) is 0 Å². The van der Waals surface area contributed by atoms with Crippen molar-refractivity contribution < 1.29 is 0 Å². The summed E-state index contributed by atoms with van der Waals surface area (Å²) in [5.74, 6) is 0. The van der Waals surface area contributed by atoms with Gasteiger partial charge in [-0.1, -0.05) is 22.6 Å². The lowest BCUT2D eigenvalue weighted by atomic mass is 10.1. The summed E-state index contributed by atoms with van der Waals surface area (Å²) in [6, 6.07) is 4.33. The number of hydrazine groups is 1. The van der Waals surface area contributed by atoms with Gasteiger partial charge in [0.1, 0.15) is 16.0 Å². The molecule has 2 atom stereocenters. The second kappa shape index (κ2) is 5.38. The summed E-state index contributed by atoms with van der Waals surface area (Å²) in [5.41, 5.74) is 6.23. The first kappa shape index (κ1) is 13.3. The van der Waals surface area contributed by atoms with E-state index < -0.39 is 0 Å². The van der Waals surface area contributed by atoms with E-state index in [9.17, 15) is 0 Å². The van der Waals surface area contributed by atoms with Crippen LogP contribution in [-0.4, -0.2) is 30.1 Å². The first-order valence-corrected chi connectivity index (χ1v) is 7.51. The molecule has 0 saturated heterocycles. The molecule has 7 heteroatoms. The maximum absolute atomic E-state index is 8.80. The fourth-order valence-corrected chi connectivity index (χ4v) is 2.81. The molecule has 2 aromatic heterocycles. The Hall–Kier alpha value is -1.66. The summed E-state index contributed by atoms with van der Waals surface area (Å²) >= 11 is 2.26. The van der Waals surface area contributed by atoms with Crippen molar-refractivity contribution in [2.75, 3.05) is 0 Å². The molecule has 2 N–H and O–H groups in total. The van der Waals surface area contributed by atoms with Gasteiger partial charge in [-0.15, -0.1) is 0 Å². The molecule has 0 fully saturated rings. The fraction of sp³-hybridized carbons (Fsp3) is 0.308. The van der Waals surface area contributed by atoms with Crippen LogP contribution < -0.4 is 5.43 Å². The smallest absolute Gasteiger partial charge is 0.141 e. The van der Waals surface area contributed by atoms with Crippen molar-refractivity contribution in [3.8, 4) is 6.07 Å². The van der Waals surface area contributed by atoms with E-state index in [-0.39, 0.29) is 10.1 Å². The molecule has 0 saturated carbocycles. The van der Waals surface area contributed by atoms with Crippen LogP contribution in [-0.2, 0) is 0 Å². The molecule has 2 unspecified atom stereocenters. The van der Waals surface area contributed by atoms with E-state index in [1.807, 2.05) is 23.5 Å². The highest BCUT2D eigenvalue weighted by Crippen LogP contribution is 2.29. The van der Waals surface area contributed by atoms with E-state index in [0.29, 0.717) is 6.42 Å². The van der Waals surface area contributed by atoms with Gasteiger partial charge in [-0.05, 0) is 13.0 Å². The quantitative estimate of drug-likeness (QED) is 0.485. The van der Waals surface area contributed by atoms with Gasteiger partial charge in [-0.25, -0.2) is 15.4 Å². The molecule has 3 heterocycles. The van der Waals surface area contributed by atoms with Crippen molar-refractivity contribution >= 4 is 39.2 Å². The van der Waals surface area contributed by atoms with Crippen LogP contribution in [0.1, 0.15) is 19.0 Å². The molecule has 6 nitrogen and oxygen atoms in total. The predicted molar refractivity (Wildman–Crippen MR) is 84.3 cm³/mol. The van der Waals surface area contributed by atoms with E-state index in [0.717, 1.165) is 22.3 Å². The summed E-state index contributed by atoms with van der Waals surface area (Å²) < 4.78 is 0.0982. The Balaban J connectivity index is 1.99. The summed E-state index contributed by atoms with van der Waals surface area (Å²) in [6.45, 7) is 2.09. The Morgan fingerprint density at radius 3 is 3.20 bits per heavy atom. The maximum Gasteiger partial charge on any atom is 0.141 e. The van der Waals surface area contributed by atoms with Gasteiger partial charge < -0.3 is 9.99 Å². The molecule has 0 bridgehead atoms. The van der Waals surface area contributed by atoms with Gasteiger partial charge in [0.25, 0.3) is 0 Å². The summed E-state index contributed by atoms with van der Waals surface area (Å²) in [5, 5.41) is 11.8. The van der Waals surface area contributed by atoms with Crippen molar-refractivity contribution in [1.82, 2.24) is 25.4 Å². The highest BCUT2D eigenvalue weighted by atomic mass is 127. The number of hydrogen-bond donors (Lipinski definition) is 2. The number of nitriles is 1. The minimum Gasteiger partial charge on any atom is -0.346 e. The van der Waals surface area contributed by atoms with E-state index in [2.05, 4.69) is 56.0 Å². The van der Waals surface area contributed by atoms with Crippen molar-refractivity contribution in [2.45, 2.75) is 23.4 Å². The minimum atomic E-state index is 0.0982. The third-order valence-electron chi connectivity index (χ3n) is 3.28. The molecule has 0 amide bonds. The first-order chi connectivity index (χ1) is 9.70. The standard InChI is InChI=1S/C13H13IN6/c1-8-10(6-20(19-8)11(14)2-4-15)12-9-3-5-16-13(9)18-7-17-12/h3,5-8,11,19H,2H2,1H3,(H,16,17,18). The lowest BCUT2D eigenvalue weighted by Crippen LogP contribution is -2.38. The second-order valence-electron chi connectivity index (χ2n) is 4.60. The topological polar surface area (TPSA) is 80.6 Å². The molecule has 0 aliphatic carbocycles. The normalized spacial score (nSPS) is 19.9. The van der Waals surface area contributed by atoms with Gasteiger partial charge in [0.2, 0.25) is 0 Å². The van der Waals surface area contributed by atoms with Crippen LogP contribution in [0.25, 0.3) is 16.6 Å². The highest BCUT2D eigenvalue weighted by Gasteiger charge is 2.27. The number of halogens is 1. The summed E-state index contributed by atoms with van der Waals surface area (Å²) in [4.78, 5) is 11.7. The van der Waals surface area contributed by atoms with E-state index in [1.54, 1.807) is 6.33 Å². The van der Waals surface area contributed by atoms with Gasteiger partial charge in [-0.3, -0.25) is 0 Å². The lowest BCUT2D eigenvalue weighted by Gasteiger charge is -2.21. The van der Waals surface area contributed by atoms with Crippen LogP contribution in [0.2, 0.25) is 0 Å². The molecule has 3 rings (SSSR count). The minimum absolute atomic E-state index is 0.0982. The molecule has 0 aromatic carbocycles. The number of aromatic amines is 1. The van der Waals surface area contributed by atoms with Crippen LogP contribution >= 0.6 is 22.6 Å². The number of H-pyrrole nitrogens is 1.